The van der Waals surface area contributed by atoms with Gasteiger partial charge in [-0.3, -0.25) is 4.90 Å². The van der Waals surface area contributed by atoms with E-state index in [4.69, 9.17) is 10.5 Å². The molecule has 0 fully saturated rings. The molecular weight excluding hydrogens is 252 g/mol. The molecule has 0 saturated carbocycles. The van der Waals surface area contributed by atoms with Crippen molar-refractivity contribution in [3.8, 4) is 0 Å². The first-order valence-electron chi connectivity index (χ1n) is 7.03. The van der Waals surface area contributed by atoms with E-state index in [1.165, 1.54) is 5.56 Å². The Bertz CT molecular complexity index is 532. The average Bonchev–Trinajstić information content (AvgIpc) is 2.24. The molecule has 0 spiro atoms. The van der Waals surface area contributed by atoms with Crippen LogP contribution in [0.4, 0.5) is 10.5 Å². The second-order valence-electron chi connectivity index (χ2n) is 6.64. The number of ether oxygens (including phenoxy) is 1. The Morgan fingerprint density at radius 3 is 2.60 bits per heavy atom. The van der Waals surface area contributed by atoms with E-state index < -0.39 is 5.60 Å². The molecule has 0 radical (unpaired) electrons. The number of carbonyl (C=O) groups is 1. The smallest absolute Gasteiger partial charge is 0.414 e. The highest BCUT2D eigenvalue weighted by Crippen LogP contribution is 2.32. The van der Waals surface area contributed by atoms with Crippen molar-refractivity contribution in [1.29, 1.82) is 0 Å². The number of anilines is 1. The van der Waals surface area contributed by atoms with Crippen LogP contribution >= 0.6 is 0 Å². The molecule has 0 bridgehead atoms. The highest BCUT2D eigenvalue weighted by molar-refractivity contribution is 5.91. The molecular formula is C16H24N2O2. The minimum Gasteiger partial charge on any atom is -0.443 e. The standard InChI is InChI=1S/C16H24N2O2/c1-10-6-11(2)14-12(7-10)8-13(17)9-18(14)15(19)20-16(3,4)5/h6-7,13H,8-9,17H2,1-5H3. The van der Waals surface area contributed by atoms with Crippen molar-refractivity contribution in [2.24, 2.45) is 5.73 Å². The number of rotatable bonds is 0. The minimum atomic E-state index is -0.503. The zero-order valence-corrected chi connectivity index (χ0v) is 13.0. The Morgan fingerprint density at radius 1 is 1.35 bits per heavy atom. The van der Waals surface area contributed by atoms with Crippen molar-refractivity contribution in [3.05, 3.63) is 28.8 Å². The van der Waals surface area contributed by atoms with Gasteiger partial charge in [0, 0.05) is 12.6 Å². The Morgan fingerprint density at radius 2 is 2.00 bits per heavy atom. The molecule has 1 heterocycles. The summed E-state index contributed by atoms with van der Waals surface area (Å²) in [5.41, 5.74) is 9.97. The third-order valence-electron chi connectivity index (χ3n) is 3.31. The van der Waals surface area contributed by atoms with Crippen LogP contribution in [-0.4, -0.2) is 24.3 Å². The van der Waals surface area contributed by atoms with Gasteiger partial charge in [0.15, 0.2) is 0 Å². The van der Waals surface area contributed by atoms with Gasteiger partial charge in [0.1, 0.15) is 5.60 Å². The molecule has 4 heteroatoms. The Balaban J connectivity index is 2.40. The second-order valence-corrected chi connectivity index (χ2v) is 6.64. The Labute approximate surface area is 120 Å². The molecule has 1 amide bonds. The molecule has 2 N–H and O–H groups in total. The monoisotopic (exact) mass is 276 g/mol. The van der Waals surface area contributed by atoms with Gasteiger partial charge in [0.05, 0.1) is 5.69 Å². The number of nitrogens with two attached hydrogens (primary N) is 1. The van der Waals surface area contributed by atoms with Gasteiger partial charge in [-0.2, -0.15) is 0 Å². The lowest BCUT2D eigenvalue weighted by Crippen LogP contribution is -2.48. The first-order chi connectivity index (χ1) is 9.17. The average molecular weight is 276 g/mol. The molecule has 2 rings (SSSR count). The molecule has 1 aliphatic rings. The molecule has 1 aromatic carbocycles. The predicted molar refractivity (Wildman–Crippen MR) is 81.2 cm³/mol. The van der Waals surface area contributed by atoms with Crippen LogP contribution < -0.4 is 10.6 Å². The van der Waals surface area contributed by atoms with E-state index in [0.29, 0.717) is 6.54 Å². The van der Waals surface area contributed by atoms with Crippen LogP contribution in [0.3, 0.4) is 0 Å². The largest absolute Gasteiger partial charge is 0.443 e. The number of hydrogen-bond acceptors (Lipinski definition) is 3. The lowest BCUT2D eigenvalue weighted by Gasteiger charge is -2.35. The van der Waals surface area contributed by atoms with Gasteiger partial charge in [0.2, 0.25) is 0 Å². The molecule has 0 aliphatic carbocycles. The summed E-state index contributed by atoms with van der Waals surface area (Å²) < 4.78 is 5.50. The number of aryl methyl sites for hydroxylation is 2. The number of benzene rings is 1. The van der Waals surface area contributed by atoms with Gasteiger partial charge in [-0.15, -0.1) is 0 Å². The highest BCUT2D eigenvalue weighted by atomic mass is 16.6. The molecule has 1 aromatic rings. The van der Waals surface area contributed by atoms with Crippen LogP contribution in [0.5, 0.6) is 0 Å². The van der Waals surface area contributed by atoms with E-state index in [2.05, 4.69) is 19.1 Å². The van der Waals surface area contributed by atoms with Crippen molar-refractivity contribution < 1.29 is 9.53 Å². The predicted octanol–water partition coefficient (Wildman–Crippen LogP) is 2.93. The van der Waals surface area contributed by atoms with Crippen LogP contribution in [0.1, 0.15) is 37.5 Å². The molecule has 110 valence electrons. The van der Waals surface area contributed by atoms with E-state index >= 15 is 0 Å². The summed E-state index contributed by atoms with van der Waals surface area (Å²) in [5.74, 6) is 0. The van der Waals surface area contributed by atoms with Crippen LogP contribution in [0.2, 0.25) is 0 Å². The van der Waals surface area contributed by atoms with E-state index in [1.807, 2.05) is 27.7 Å². The fourth-order valence-electron chi connectivity index (χ4n) is 2.75. The maximum atomic E-state index is 12.4. The fraction of sp³-hybridized carbons (Fsp3) is 0.562. The molecule has 1 unspecified atom stereocenters. The topological polar surface area (TPSA) is 55.6 Å². The summed E-state index contributed by atoms with van der Waals surface area (Å²) in [6.45, 7) is 10.2. The third kappa shape index (κ3) is 3.12. The van der Waals surface area contributed by atoms with E-state index in [-0.39, 0.29) is 12.1 Å². The van der Waals surface area contributed by atoms with Gasteiger partial charge >= 0.3 is 6.09 Å². The van der Waals surface area contributed by atoms with Crippen LogP contribution in [0.15, 0.2) is 12.1 Å². The van der Waals surface area contributed by atoms with Crippen LogP contribution in [0, 0.1) is 13.8 Å². The van der Waals surface area contributed by atoms with Gasteiger partial charge in [-0.05, 0) is 52.2 Å². The summed E-state index contributed by atoms with van der Waals surface area (Å²) in [6, 6.07) is 4.15. The summed E-state index contributed by atoms with van der Waals surface area (Å²) >= 11 is 0. The molecule has 1 atom stereocenters. The van der Waals surface area contributed by atoms with Crippen molar-refractivity contribution in [1.82, 2.24) is 0 Å². The minimum absolute atomic E-state index is 0.0452. The van der Waals surface area contributed by atoms with E-state index in [9.17, 15) is 4.79 Å². The van der Waals surface area contributed by atoms with Crippen molar-refractivity contribution in [2.45, 2.75) is 52.7 Å². The maximum Gasteiger partial charge on any atom is 0.414 e. The zero-order valence-electron chi connectivity index (χ0n) is 13.0. The van der Waals surface area contributed by atoms with Crippen molar-refractivity contribution >= 4 is 11.8 Å². The van der Waals surface area contributed by atoms with Crippen molar-refractivity contribution in [3.63, 3.8) is 0 Å². The first-order valence-corrected chi connectivity index (χ1v) is 7.03. The van der Waals surface area contributed by atoms with Gasteiger partial charge in [0.25, 0.3) is 0 Å². The lowest BCUT2D eigenvalue weighted by molar-refractivity contribution is 0.0575. The van der Waals surface area contributed by atoms with Crippen molar-refractivity contribution in [2.75, 3.05) is 11.4 Å². The number of hydrogen-bond donors (Lipinski definition) is 1. The molecule has 1 aliphatic heterocycles. The van der Waals surface area contributed by atoms with E-state index in [1.54, 1.807) is 4.90 Å². The molecule has 0 aromatic heterocycles. The highest BCUT2D eigenvalue weighted by Gasteiger charge is 2.31. The van der Waals surface area contributed by atoms with Crippen LogP contribution in [0.25, 0.3) is 0 Å². The van der Waals surface area contributed by atoms with Gasteiger partial charge < -0.3 is 10.5 Å². The summed E-state index contributed by atoms with van der Waals surface area (Å²) in [7, 11) is 0. The second kappa shape index (κ2) is 5.09. The SMILES string of the molecule is Cc1cc(C)c2c(c1)CC(N)CN2C(=O)OC(C)(C)C. The molecule has 20 heavy (non-hydrogen) atoms. The fourth-order valence-corrected chi connectivity index (χ4v) is 2.75. The third-order valence-corrected chi connectivity index (χ3v) is 3.31. The number of fused-ring (bicyclic) bond motifs is 1. The number of nitrogens with zero attached hydrogens (tertiary/aromatic N) is 1. The van der Waals surface area contributed by atoms with Gasteiger partial charge in [-0.25, -0.2) is 4.79 Å². The normalized spacial score (nSPS) is 18.7. The maximum absolute atomic E-state index is 12.4. The lowest BCUT2D eigenvalue weighted by atomic mass is 9.94. The van der Waals surface area contributed by atoms with E-state index in [0.717, 1.165) is 23.2 Å². The summed E-state index contributed by atoms with van der Waals surface area (Å²) in [4.78, 5) is 14.1. The zero-order chi connectivity index (χ0) is 15.1. The Kier molecular flexibility index (Phi) is 3.78. The molecule has 4 nitrogen and oxygen atoms in total. The number of carbonyl (C=O) groups excluding carboxylic acids is 1. The number of amides is 1. The summed E-state index contributed by atoms with van der Waals surface area (Å²) in [6.07, 6.45) is 0.484. The van der Waals surface area contributed by atoms with Gasteiger partial charge in [-0.1, -0.05) is 17.7 Å². The first kappa shape index (κ1) is 14.9. The molecule has 0 saturated heterocycles. The Hall–Kier alpha value is -1.55. The summed E-state index contributed by atoms with van der Waals surface area (Å²) in [5, 5.41) is 0. The quantitative estimate of drug-likeness (QED) is 0.792. The van der Waals surface area contributed by atoms with Crippen LogP contribution in [-0.2, 0) is 11.2 Å².